The molecule has 0 aliphatic carbocycles. The number of aliphatic imine (C=N–C) groups is 1. The molecule has 0 fully saturated rings. The Morgan fingerprint density at radius 1 is 1.14 bits per heavy atom. The first-order valence-corrected chi connectivity index (χ1v) is 9.50. The standard InChI is InChI=1S/C22H30N4O2.HI/c1-16-6-5-7-21(14-16)28-17(2)15-25-22(23-4)24-13-12-19-8-10-20(11-9-19)26-18(3)27;/h5-11,14,17H,12-13,15H2,1-4H3,(H,26,27)(H2,23,24,25);1H. The van der Waals surface area contributed by atoms with E-state index in [-0.39, 0.29) is 36.0 Å². The van der Waals surface area contributed by atoms with Gasteiger partial charge in [0.05, 0.1) is 6.54 Å². The number of anilines is 1. The van der Waals surface area contributed by atoms with Gasteiger partial charge in [-0.3, -0.25) is 9.79 Å². The highest BCUT2D eigenvalue weighted by molar-refractivity contribution is 14.0. The Labute approximate surface area is 190 Å². The lowest BCUT2D eigenvalue weighted by Gasteiger charge is -2.18. The molecule has 0 spiro atoms. The van der Waals surface area contributed by atoms with Crippen LogP contribution in [0, 0.1) is 6.92 Å². The molecule has 0 saturated carbocycles. The predicted octanol–water partition coefficient (Wildman–Crippen LogP) is 3.75. The van der Waals surface area contributed by atoms with E-state index in [1.54, 1.807) is 7.05 Å². The van der Waals surface area contributed by atoms with Crippen LogP contribution in [0.15, 0.2) is 53.5 Å². The van der Waals surface area contributed by atoms with E-state index in [4.69, 9.17) is 4.74 Å². The van der Waals surface area contributed by atoms with Crippen molar-refractivity contribution in [1.82, 2.24) is 10.6 Å². The fraction of sp³-hybridized carbons (Fsp3) is 0.364. The summed E-state index contributed by atoms with van der Waals surface area (Å²) in [6.07, 6.45) is 0.873. The monoisotopic (exact) mass is 510 g/mol. The number of amides is 1. The van der Waals surface area contributed by atoms with E-state index in [1.807, 2.05) is 49.4 Å². The Bertz CT molecular complexity index is 794. The quantitative estimate of drug-likeness (QED) is 0.288. The van der Waals surface area contributed by atoms with Crippen molar-refractivity contribution in [3.63, 3.8) is 0 Å². The lowest BCUT2D eigenvalue weighted by Crippen LogP contribution is -2.42. The van der Waals surface area contributed by atoms with Gasteiger partial charge in [0, 0.05) is 26.2 Å². The molecule has 0 heterocycles. The molecule has 0 saturated heterocycles. The molecule has 2 rings (SSSR count). The molecular formula is C22H31IN4O2. The first-order valence-electron chi connectivity index (χ1n) is 9.50. The van der Waals surface area contributed by atoms with Crippen LogP contribution in [0.2, 0.25) is 0 Å². The minimum absolute atomic E-state index is 0. The number of ether oxygens (including phenoxy) is 1. The van der Waals surface area contributed by atoms with E-state index in [0.717, 1.165) is 30.4 Å². The molecular weight excluding hydrogens is 479 g/mol. The van der Waals surface area contributed by atoms with E-state index in [9.17, 15) is 4.79 Å². The second kappa shape index (κ2) is 13.0. The van der Waals surface area contributed by atoms with Gasteiger partial charge >= 0.3 is 0 Å². The Morgan fingerprint density at radius 3 is 2.48 bits per heavy atom. The van der Waals surface area contributed by atoms with Gasteiger partial charge < -0.3 is 20.7 Å². The average Bonchev–Trinajstić information content (AvgIpc) is 2.65. The van der Waals surface area contributed by atoms with E-state index in [1.165, 1.54) is 18.1 Å². The van der Waals surface area contributed by atoms with Crippen molar-refractivity contribution < 1.29 is 9.53 Å². The van der Waals surface area contributed by atoms with Crippen LogP contribution in [0.3, 0.4) is 0 Å². The minimum atomic E-state index is -0.0649. The van der Waals surface area contributed by atoms with Gasteiger partial charge in [0.25, 0.3) is 0 Å². The highest BCUT2D eigenvalue weighted by Gasteiger charge is 2.06. The molecule has 6 nitrogen and oxygen atoms in total. The van der Waals surface area contributed by atoms with Crippen molar-refractivity contribution in [3.05, 3.63) is 59.7 Å². The third-order valence-corrected chi connectivity index (χ3v) is 4.09. The minimum Gasteiger partial charge on any atom is -0.489 e. The number of guanidine groups is 1. The molecule has 2 aromatic carbocycles. The normalized spacial score (nSPS) is 11.8. The number of aryl methyl sites for hydroxylation is 1. The van der Waals surface area contributed by atoms with Crippen molar-refractivity contribution in [2.24, 2.45) is 4.99 Å². The number of hydrogen-bond donors (Lipinski definition) is 3. The predicted molar refractivity (Wildman–Crippen MR) is 130 cm³/mol. The maximum Gasteiger partial charge on any atom is 0.221 e. The van der Waals surface area contributed by atoms with Crippen LogP contribution in [0.25, 0.3) is 0 Å². The zero-order valence-corrected chi connectivity index (χ0v) is 19.8. The zero-order chi connectivity index (χ0) is 20.4. The number of benzene rings is 2. The summed E-state index contributed by atoms with van der Waals surface area (Å²) < 4.78 is 5.93. The van der Waals surface area contributed by atoms with Gasteiger partial charge in [0.15, 0.2) is 5.96 Å². The first kappa shape index (κ1) is 24.7. The van der Waals surface area contributed by atoms with E-state index < -0.39 is 0 Å². The molecule has 0 aromatic heterocycles. The molecule has 1 amide bonds. The third-order valence-electron chi connectivity index (χ3n) is 4.09. The topological polar surface area (TPSA) is 74.8 Å². The lowest BCUT2D eigenvalue weighted by molar-refractivity contribution is -0.114. The van der Waals surface area contributed by atoms with Crippen molar-refractivity contribution in [1.29, 1.82) is 0 Å². The van der Waals surface area contributed by atoms with Gasteiger partial charge in [-0.05, 0) is 55.7 Å². The van der Waals surface area contributed by atoms with Gasteiger partial charge in [-0.25, -0.2) is 0 Å². The summed E-state index contributed by atoms with van der Waals surface area (Å²) in [4.78, 5) is 15.3. The number of halogens is 1. The van der Waals surface area contributed by atoms with E-state index in [2.05, 4.69) is 33.9 Å². The average molecular weight is 510 g/mol. The van der Waals surface area contributed by atoms with Crippen LogP contribution < -0.4 is 20.7 Å². The molecule has 3 N–H and O–H groups in total. The number of nitrogens with one attached hydrogen (secondary N) is 3. The summed E-state index contributed by atoms with van der Waals surface area (Å²) in [5.41, 5.74) is 3.18. The second-order valence-electron chi connectivity index (χ2n) is 6.75. The molecule has 158 valence electrons. The molecule has 29 heavy (non-hydrogen) atoms. The van der Waals surface area contributed by atoms with Gasteiger partial charge in [0.2, 0.25) is 5.91 Å². The van der Waals surface area contributed by atoms with E-state index in [0.29, 0.717) is 6.54 Å². The molecule has 2 aromatic rings. The largest absolute Gasteiger partial charge is 0.489 e. The van der Waals surface area contributed by atoms with Crippen LogP contribution >= 0.6 is 24.0 Å². The van der Waals surface area contributed by atoms with Crippen LogP contribution in [0.5, 0.6) is 5.75 Å². The third kappa shape index (κ3) is 9.65. The maximum atomic E-state index is 11.1. The Morgan fingerprint density at radius 2 is 1.86 bits per heavy atom. The molecule has 1 atom stereocenters. The van der Waals surface area contributed by atoms with Gasteiger partial charge in [-0.1, -0.05) is 24.3 Å². The van der Waals surface area contributed by atoms with Crippen LogP contribution in [-0.2, 0) is 11.2 Å². The number of carbonyl (C=O) groups is 1. The van der Waals surface area contributed by atoms with Crippen LogP contribution in [0.4, 0.5) is 5.69 Å². The Kier molecular flexibility index (Phi) is 11.1. The number of hydrogen-bond acceptors (Lipinski definition) is 3. The highest BCUT2D eigenvalue weighted by atomic mass is 127. The highest BCUT2D eigenvalue weighted by Crippen LogP contribution is 2.14. The fourth-order valence-electron chi connectivity index (χ4n) is 2.71. The van der Waals surface area contributed by atoms with Crippen LogP contribution in [-0.4, -0.2) is 38.1 Å². The van der Waals surface area contributed by atoms with Crippen molar-refractivity contribution in [2.45, 2.75) is 33.3 Å². The van der Waals surface area contributed by atoms with Gasteiger partial charge in [0.1, 0.15) is 11.9 Å². The second-order valence-corrected chi connectivity index (χ2v) is 6.75. The number of nitrogens with zero attached hydrogens (tertiary/aromatic N) is 1. The van der Waals surface area contributed by atoms with Crippen molar-refractivity contribution in [3.8, 4) is 5.75 Å². The zero-order valence-electron chi connectivity index (χ0n) is 17.5. The van der Waals surface area contributed by atoms with Crippen molar-refractivity contribution >= 4 is 41.5 Å². The summed E-state index contributed by atoms with van der Waals surface area (Å²) in [5, 5.41) is 9.36. The molecule has 0 aliphatic rings. The molecule has 0 aliphatic heterocycles. The number of carbonyl (C=O) groups excluding carboxylic acids is 1. The SMILES string of the molecule is CN=C(NCCc1ccc(NC(C)=O)cc1)NCC(C)Oc1cccc(C)c1.I. The van der Waals surface area contributed by atoms with Gasteiger partial charge in [-0.2, -0.15) is 0 Å². The number of rotatable bonds is 8. The summed E-state index contributed by atoms with van der Waals surface area (Å²) in [6.45, 7) is 6.99. The summed E-state index contributed by atoms with van der Waals surface area (Å²) in [7, 11) is 1.75. The maximum absolute atomic E-state index is 11.1. The lowest BCUT2D eigenvalue weighted by atomic mass is 10.1. The fourth-order valence-corrected chi connectivity index (χ4v) is 2.71. The Balaban J connectivity index is 0.00000420. The smallest absolute Gasteiger partial charge is 0.221 e. The molecule has 0 radical (unpaired) electrons. The molecule has 0 bridgehead atoms. The van der Waals surface area contributed by atoms with E-state index >= 15 is 0 Å². The summed E-state index contributed by atoms with van der Waals surface area (Å²) in [6, 6.07) is 15.9. The summed E-state index contributed by atoms with van der Waals surface area (Å²) in [5.74, 6) is 1.56. The van der Waals surface area contributed by atoms with Crippen molar-refractivity contribution in [2.75, 3.05) is 25.5 Å². The molecule has 7 heteroatoms. The van der Waals surface area contributed by atoms with Crippen LogP contribution in [0.1, 0.15) is 25.0 Å². The Hall–Kier alpha value is -2.29. The molecule has 1 unspecified atom stereocenters. The van der Waals surface area contributed by atoms with Gasteiger partial charge in [-0.15, -0.1) is 24.0 Å². The summed E-state index contributed by atoms with van der Waals surface area (Å²) >= 11 is 0. The first-order chi connectivity index (χ1) is 13.5.